The van der Waals surface area contributed by atoms with E-state index in [1.807, 2.05) is 0 Å². The number of benzene rings is 1. The molecule has 2 atom stereocenters. The molecular weight excluding hydrogens is 374 g/mol. The zero-order valence-electron chi connectivity index (χ0n) is 18.7. The van der Waals surface area contributed by atoms with Crippen LogP contribution in [0.5, 0.6) is 0 Å². The lowest BCUT2D eigenvalue weighted by atomic mass is 9.97. The van der Waals surface area contributed by atoms with E-state index in [1.54, 1.807) is 0 Å². The minimum absolute atomic E-state index is 0.129. The molecule has 1 saturated carbocycles. The van der Waals surface area contributed by atoms with Gasteiger partial charge in [0.25, 0.3) is 0 Å². The molecule has 1 heterocycles. The van der Waals surface area contributed by atoms with Crippen molar-refractivity contribution in [3.8, 4) is 0 Å². The lowest BCUT2D eigenvalue weighted by Gasteiger charge is -2.38. The van der Waals surface area contributed by atoms with Crippen LogP contribution >= 0.6 is 0 Å². The number of rotatable bonds is 8. The molecule has 3 rings (SSSR count). The number of carbonyl (C=O) groups excluding carboxylic acids is 1. The number of nitrogens with zero attached hydrogens (tertiary/aromatic N) is 2. The van der Waals surface area contributed by atoms with Crippen LogP contribution in [0, 0.1) is 0 Å². The first-order chi connectivity index (χ1) is 14.6. The zero-order chi connectivity index (χ0) is 21.2. The van der Waals surface area contributed by atoms with Gasteiger partial charge in [0.2, 0.25) is 5.91 Å². The summed E-state index contributed by atoms with van der Waals surface area (Å²) in [4.78, 5) is 19.3. The average molecular weight is 414 g/mol. The maximum absolute atomic E-state index is 12.1. The summed E-state index contributed by atoms with van der Waals surface area (Å²) in [5, 5.41) is 10.1. The molecular formula is C24H39N5O. The van der Waals surface area contributed by atoms with Crippen LogP contribution < -0.4 is 16.0 Å². The van der Waals surface area contributed by atoms with Crippen LogP contribution in [0.3, 0.4) is 0 Å². The highest BCUT2D eigenvalue weighted by Crippen LogP contribution is 2.20. The minimum Gasteiger partial charge on any atom is -0.357 e. The van der Waals surface area contributed by atoms with Gasteiger partial charge in [0.15, 0.2) is 5.96 Å². The van der Waals surface area contributed by atoms with Gasteiger partial charge in [-0.25, -0.2) is 0 Å². The van der Waals surface area contributed by atoms with Gasteiger partial charge in [-0.2, -0.15) is 0 Å². The maximum atomic E-state index is 12.1. The molecule has 6 heteroatoms. The minimum atomic E-state index is 0.129. The van der Waals surface area contributed by atoms with Crippen LogP contribution in [0.25, 0.3) is 0 Å². The summed E-state index contributed by atoms with van der Waals surface area (Å²) in [6.07, 6.45) is 7.38. The van der Waals surface area contributed by atoms with Gasteiger partial charge in [0, 0.05) is 44.2 Å². The summed E-state index contributed by atoms with van der Waals surface area (Å²) in [6, 6.07) is 12.0. The van der Waals surface area contributed by atoms with E-state index in [4.69, 9.17) is 0 Å². The van der Waals surface area contributed by atoms with Gasteiger partial charge in [-0.1, -0.05) is 43.2 Å². The number of aliphatic imine (C=N–C) groups is 1. The normalized spacial score (nSPS) is 23.3. The third kappa shape index (κ3) is 7.31. The van der Waals surface area contributed by atoms with Crippen LogP contribution in [0.4, 0.5) is 0 Å². The number of hydrogen-bond donors (Lipinski definition) is 3. The average Bonchev–Trinajstić information content (AvgIpc) is 3.24. The van der Waals surface area contributed by atoms with E-state index < -0.39 is 0 Å². The molecule has 1 amide bonds. The van der Waals surface area contributed by atoms with E-state index in [2.05, 4.69) is 70.0 Å². The molecule has 1 aliphatic heterocycles. The Morgan fingerprint density at radius 1 is 1.10 bits per heavy atom. The Balaban J connectivity index is 1.43. The second-order valence-corrected chi connectivity index (χ2v) is 8.73. The molecule has 0 radical (unpaired) electrons. The summed E-state index contributed by atoms with van der Waals surface area (Å²) >= 11 is 0. The fourth-order valence-electron chi connectivity index (χ4n) is 4.56. The number of likely N-dealkylation sites (tertiary alicyclic amines) is 1. The van der Waals surface area contributed by atoms with Gasteiger partial charge >= 0.3 is 0 Å². The summed E-state index contributed by atoms with van der Waals surface area (Å²) in [6.45, 7) is 7.83. The second-order valence-electron chi connectivity index (χ2n) is 8.73. The van der Waals surface area contributed by atoms with Crippen LogP contribution in [-0.4, -0.2) is 54.5 Å². The quantitative estimate of drug-likeness (QED) is 0.453. The first-order valence-electron chi connectivity index (χ1n) is 11.8. The van der Waals surface area contributed by atoms with Crippen molar-refractivity contribution in [2.24, 2.45) is 4.99 Å². The number of amides is 1. The predicted octanol–water partition coefficient (Wildman–Crippen LogP) is 3.04. The molecule has 2 unspecified atom stereocenters. The van der Waals surface area contributed by atoms with Gasteiger partial charge in [0.1, 0.15) is 0 Å². The first-order valence-corrected chi connectivity index (χ1v) is 11.8. The Morgan fingerprint density at radius 2 is 1.87 bits per heavy atom. The molecule has 0 spiro atoms. The molecule has 6 nitrogen and oxygen atoms in total. The van der Waals surface area contributed by atoms with Crippen LogP contribution in [0.2, 0.25) is 0 Å². The van der Waals surface area contributed by atoms with E-state index in [-0.39, 0.29) is 5.91 Å². The smallest absolute Gasteiger partial charge is 0.222 e. The van der Waals surface area contributed by atoms with Crippen molar-refractivity contribution in [2.75, 3.05) is 19.6 Å². The SMILES string of the molecule is CCNC(=NCCC(=O)NC1CCCC1)NC1CCN(Cc2ccccc2)C(C)C1. The third-order valence-corrected chi connectivity index (χ3v) is 6.26. The summed E-state index contributed by atoms with van der Waals surface area (Å²) in [7, 11) is 0. The molecule has 1 aromatic carbocycles. The number of piperidine rings is 1. The Kier molecular flexibility index (Phi) is 9.00. The third-order valence-electron chi connectivity index (χ3n) is 6.26. The van der Waals surface area contributed by atoms with E-state index in [1.165, 1.54) is 18.4 Å². The van der Waals surface area contributed by atoms with Crippen molar-refractivity contribution >= 4 is 11.9 Å². The molecule has 30 heavy (non-hydrogen) atoms. The van der Waals surface area contributed by atoms with Crippen molar-refractivity contribution in [1.29, 1.82) is 0 Å². The standard InChI is InChI=1S/C24H39N5O/c1-3-25-24(26-15-13-23(30)27-21-11-7-8-12-21)28-22-14-16-29(19(2)17-22)18-20-9-5-4-6-10-20/h4-6,9-10,19,21-22H,3,7-8,11-18H2,1-2H3,(H,27,30)(H2,25,26,28). The number of guanidine groups is 1. The number of hydrogen-bond acceptors (Lipinski definition) is 3. The summed E-state index contributed by atoms with van der Waals surface area (Å²) in [5.41, 5.74) is 1.38. The summed E-state index contributed by atoms with van der Waals surface area (Å²) < 4.78 is 0. The van der Waals surface area contributed by atoms with E-state index in [0.717, 1.165) is 51.3 Å². The zero-order valence-corrected chi connectivity index (χ0v) is 18.7. The monoisotopic (exact) mass is 413 g/mol. The molecule has 1 aromatic rings. The highest BCUT2D eigenvalue weighted by atomic mass is 16.1. The van der Waals surface area contributed by atoms with Crippen molar-refractivity contribution in [3.63, 3.8) is 0 Å². The van der Waals surface area contributed by atoms with Crippen LogP contribution in [0.15, 0.2) is 35.3 Å². The number of carbonyl (C=O) groups is 1. The Hall–Kier alpha value is -2.08. The largest absolute Gasteiger partial charge is 0.357 e. The Morgan fingerprint density at radius 3 is 2.57 bits per heavy atom. The van der Waals surface area contributed by atoms with Gasteiger partial charge in [-0.15, -0.1) is 0 Å². The first kappa shape index (κ1) is 22.6. The van der Waals surface area contributed by atoms with Crippen molar-refractivity contribution in [2.45, 2.75) is 83.5 Å². The Labute approximate surface area is 181 Å². The summed E-state index contributed by atoms with van der Waals surface area (Å²) in [5.74, 6) is 0.962. The molecule has 2 aliphatic rings. The highest BCUT2D eigenvalue weighted by Gasteiger charge is 2.26. The predicted molar refractivity (Wildman–Crippen MR) is 123 cm³/mol. The Bertz CT molecular complexity index is 671. The van der Waals surface area contributed by atoms with E-state index in [9.17, 15) is 4.79 Å². The topological polar surface area (TPSA) is 68.8 Å². The van der Waals surface area contributed by atoms with Gasteiger partial charge in [0.05, 0.1) is 6.54 Å². The van der Waals surface area contributed by atoms with Crippen molar-refractivity contribution < 1.29 is 4.79 Å². The number of nitrogens with one attached hydrogen (secondary N) is 3. The maximum Gasteiger partial charge on any atom is 0.222 e. The van der Waals surface area contributed by atoms with Gasteiger partial charge < -0.3 is 16.0 Å². The molecule has 166 valence electrons. The van der Waals surface area contributed by atoms with Crippen LogP contribution in [0.1, 0.15) is 64.4 Å². The lowest BCUT2D eigenvalue weighted by molar-refractivity contribution is -0.121. The van der Waals surface area contributed by atoms with Crippen molar-refractivity contribution in [1.82, 2.24) is 20.9 Å². The molecule has 3 N–H and O–H groups in total. The fraction of sp³-hybridized carbons (Fsp3) is 0.667. The second kappa shape index (κ2) is 11.9. The van der Waals surface area contributed by atoms with E-state index >= 15 is 0 Å². The fourth-order valence-corrected chi connectivity index (χ4v) is 4.56. The van der Waals surface area contributed by atoms with E-state index in [0.29, 0.717) is 31.1 Å². The van der Waals surface area contributed by atoms with Crippen LogP contribution in [-0.2, 0) is 11.3 Å². The molecule has 1 aliphatic carbocycles. The van der Waals surface area contributed by atoms with Crippen molar-refractivity contribution in [3.05, 3.63) is 35.9 Å². The van der Waals surface area contributed by atoms with Gasteiger partial charge in [-0.3, -0.25) is 14.7 Å². The lowest BCUT2D eigenvalue weighted by Crippen LogP contribution is -2.51. The molecule has 0 aromatic heterocycles. The molecule has 1 saturated heterocycles. The molecule has 0 bridgehead atoms. The highest BCUT2D eigenvalue weighted by molar-refractivity contribution is 5.81. The molecule has 2 fully saturated rings. The van der Waals surface area contributed by atoms with Gasteiger partial charge in [-0.05, 0) is 45.1 Å².